The first-order valence-electron chi connectivity index (χ1n) is 10.9. The molecule has 2 aliphatic heterocycles. The van der Waals surface area contributed by atoms with Crippen LogP contribution in [0.3, 0.4) is 0 Å². The summed E-state index contributed by atoms with van der Waals surface area (Å²) in [6, 6.07) is 13.8. The number of benzene rings is 2. The van der Waals surface area contributed by atoms with E-state index < -0.39 is 4.92 Å². The number of hydrogen-bond donors (Lipinski definition) is 1. The van der Waals surface area contributed by atoms with Gasteiger partial charge in [-0.3, -0.25) is 19.7 Å². The summed E-state index contributed by atoms with van der Waals surface area (Å²) in [5.41, 5.74) is 1.38. The van der Waals surface area contributed by atoms with E-state index in [1.54, 1.807) is 34.1 Å². The average Bonchev–Trinajstić information content (AvgIpc) is 3.13. The van der Waals surface area contributed by atoms with Crippen LogP contribution in [0, 0.1) is 10.1 Å². The molecule has 0 bridgehead atoms. The first-order chi connectivity index (χ1) is 15.5. The Morgan fingerprint density at radius 3 is 2.22 bits per heavy atom. The number of amides is 2. The first kappa shape index (κ1) is 21.8. The average molecular weight is 438 g/mol. The van der Waals surface area contributed by atoms with Gasteiger partial charge in [0.25, 0.3) is 17.5 Å². The molecule has 9 nitrogen and oxygen atoms in total. The van der Waals surface area contributed by atoms with E-state index in [0.717, 1.165) is 19.5 Å². The van der Waals surface area contributed by atoms with Crippen molar-refractivity contribution >= 4 is 23.2 Å². The normalized spacial score (nSPS) is 17.1. The summed E-state index contributed by atoms with van der Waals surface area (Å²) in [6.07, 6.45) is 0.859. The number of piperazine rings is 1. The van der Waals surface area contributed by atoms with Crippen molar-refractivity contribution in [2.45, 2.75) is 6.42 Å². The van der Waals surface area contributed by atoms with E-state index >= 15 is 0 Å². The fraction of sp³-hybridized carbons (Fsp3) is 0.391. The molecule has 2 aliphatic rings. The molecule has 2 saturated heterocycles. The van der Waals surface area contributed by atoms with Crippen molar-refractivity contribution < 1.29 is 14.5 Å². The number of carbonyl (C=O) groups is 2. The van der Waals surface area contributed by atoms with Gasteiger partial charge in [-0.2, -0.15) is 0 Å². The van der Waals surface area contributed by atoms with Gasteiger partial charge in [-0.25, -0.2) is 0 Å². The summed E-state index contributed by atoms with van der Waals surface area (Å²) >= 11 is 0. The number of nitrogens with zero attached hydrogens (tertiary/aromatic N) is 4. The fourth-order valence-corrected chi connectivity index (χ4v) is 4.22. The predicted molar refractivity (Wildman–Crippen MR) is 121 cm³/mol. The molecule has 0 unspecified atom stereocenters. The maximum Gasteiger partial charge on any atom is 0.293 e. The molecule has 0 saturated carbocycles. The second-order valence-corrected chi connectivity index (χ2v) is 8.00. The predicted octanol–water partition coefficient (Wildman–Crippen LogP) is 1.99. The van der Waals surface area contributed by atoms with Crippen molar-refractivity contribution in [2.24, 2.45) is 0 Å². The Morgan fingerprint density at radius 1 is 0.812 bits per heavy atom. The van der Waals surface area contributed by atoms with E-state index in [0.29, 0.717) is 56.1 Å². The standard InChI is InChI=1S/C23H27N5O4/c29-22(18-5-2-1-3-6-18)27-15-13-25(14-16-27)20-8-7-19(17-21(20)28(31)32)23(30)26-11-4-9-24-10-12-26/h1-3,5-8,17,24H,4,9-16H2. The van der Waals surface area contributed by atoms with Crippen molar-refractivity contribution in [1.82, 2.24) is 15.1 Å². The Balaban J connectivity index is 1.47. The molecule has 2 aromatic carbocycles. The van der Waals surface area contributed by atoms with Gasteiger partial charge in [0.05, 0.1) is 4.92 Å². The molecule has 0 atom stereocenters. The second-order valence-electron chi connectivity index (χ2n) is 8.00. The van der Waals surface area contributed by atoms with Crippen LogP contribution < -0.4 is 10.2 Å². The lowest BCUT2D eigenvalue weighted by Gasteiger charge is -2.36. The summed E-state index contributed by atoms with van der Waals surface area (Å²) in [4.78, 5) is 42.3. The number of hydrogen-bond acceptors (Lipinski definition) is 6. The topological polar surface area (TPSA) is 99.0 Å². The van der Waals surface area contributed by atoms with Gasteiger partial charge in [0.2, 0.25) is 0 Å². The molecule has 2 amide bonds. The number of nitrogens with one attached hydrogen (secondary N) is 1. The van der Waals surface area contributed by atoms with Gasteiger partial charge in [0, 0.05) is 63.0 Å². The van der Waals surface area contributed by atoms with Gasteiger partial charge in [0.1, 0.15) is 5.69 Å². The molecule has 0 aliphatic carbocycles. The van der Waals surface area contributed by atoms with Crippen molar-refractivity contribution in [3.63, 3.8) is 0 Å². The minimum absolute atomic E-state index is 0.0346. The number of carbonyl (C=O) groups excluding carboxylic acids is 2. The van der Waals surface area contributed by atoms with Crippen LogP contribution in [0.25, 0.3) is 0 Å². The molecule has 2 fully saturated rings. The van der Waals surface area contributed by atoms with Crippen LogP contribution in [0.5, 0.6) is 0 Å². The van der Waals surface area contributed by atoms with E-state index in [-0.39, 0.29) is 17.5 Å². The zero-order chi connectivity index (χ0) is 22.5. The summed E-state index contributed by atoms with van der Waals surface area (Å²) < 4.78 is 0. The van der Waals surface area contributed by atoms with Crippen LogP contribution in [-0.4, -0.2) is 78.9 Å². The lowest BCUT2D eigenvalue weighted by molar-refractivity contribution is -0.384. The third kappa shape index (κ3) is 4.72. The van der Waals surface area contributed by atoms with Crippen molar-refractivity contribution in [2.75, 3.05) is 57.3 Å². The van der Waals surface area contributed by atoms with Crippen LogP contribution in [0.1, 0.15) is 27.1 Å². The van der Waals surface area contributed by atoms with E-state index in [2.05, 4.69) is 5.32 Å². The van der Waals surface area contributed by atoms with E-state index in [9.17, 15) is 19.7 Å². The largest absolute Gasteiger partial charge is 0.362 e. The zero-order valence-corrected chi connectivity index (χ0v) is 17.9. The van der Waals surface area contributed by atoms with Gasteiger partial charge in [-0.15, -0.1) is 0 Å². The Morgan fingerprint density at radius 2 is 1.50 bits per heavy atom. The molecular formula is C23H27N5O4. The highest BCUT2D eigenvalue weighted by Gasteiger charge is 2.28. The number of rotatable bonds is 4. The van der Waals surface area contributed by atoms with E-state index in [1.807, 2.05) is 23.1 Å². The molecule has 168 valence electrons. The molecular weight excluding hydrogens is 410 g/mol. The highest BCUT2D eigenvalue weighted by atomic mass is 16.6. The number of nitro groups is 1. The number of anilines is 1. The maximum absolute atomic E-state index is 12.9. The highest BCUT2D eigenvalue weighted by Crippen LogP contribution is 2.31. The van der Waals surface area contributed by atoms with Gasteiger partial charge >= 0.3 is 0 Å². The Hall–Kier alpha value is -3.46. The van der Waals surface area contributed by atoms with Crippen molar-refractivity contribution in [3.05, 3.63) is 69.8 Å². The van der Waals surface area contributed by atoms with E-state index in [4.69, 9.17) is 0 Å². The smallest absolute Gasteiger partial charge is 0.293 e. The summed E-state index contributed by atoms with van der Waals surface area (Å²) in [6.45, 7) is 4.75. The van der Waals surface area contributed by atoms with Gasteiger partial charge in [0.15, 0.2) is 0 Å². The fourth-order valence-electron chi connectivity index (χ4n) is 4.22. The molecule has 0 aromatic heterocycles. The molecule has 2 heterocycles. The first-order valence-corrected chi connectivity index (χ1v) is 10.9. The molecule has 1 N–H and O–H groups in total. The quantitative estimate of drug-likeness (QED) is 0.580. The third-order valence-electron chi connectivity index (χ3n) is 5.97. The molecule has 32 heavy (non-hydrogen) atoms. The van der Waals surface area contributed by atoms with E-state index in [1.165, 1.54) is 6.07 Å². The molecule has 9 heteroatoms. The van der Waals surface area contributed by atoms with Crippen LogP contribution in [0.2, 0.25) is 0 Å². The van der Waals surface area contributed by atoms with Crippen LogP contribution in [-0.2, 0) is 0 Å². The summed E-state index contributed by atoms with van der Waals surface area (Å²) in [5, 5.41) is 15.1. The molecule has 2 aromatic rings. The monoisotopic (exact) mass is 437 g/mol. The minimum Gasteiger partial charge on any atom is -0.362 e. The zero-order valence-electron chi connectivity index (χ0n) is 17.9. The van der Waals surface area contributed by atoms with Crippen molar-refractivity contribution in [3.8, 4) is 0 Å². The number of nitro benzene ring substituents is 1. The second kappa shape index (κ2) is 9.78. The minimum atomic E-state index is -0.433. The summed E-state index contributed by atoms with van der Waals surface area (Å²) in [7, 11) is 0. The van der Waals surface area contributed by atoms with Gasteiger partial charge < -0.3 is 20.0 Å². The third-order valence-corrected chi connectivity index (χ3v) is 5.97. The van der Waals surface area contributed by atoms with Gasteiger partial charge in [-0.1, -0.05) is 18.2 Å². The Bertz CT molecular complexity index is 981. The Kier molecular flexibility index (Phi) is 6.65. The maximum atomic E-state index is 12.9. The lowest BCUT2D eigenvalue weighted by Crippen LogP contribution is -2.49. The molecule has 4 rings (SSSR count). The lowest BCUT2D eigenvalue weighted by atomic mass is 10.1. The molecule has 0 spiro atoms. The van der Waals surface area contributed by atoms with Crippen LogP contribution in [0.15, 0.2) is 48.5 Å². The molecule has 0 radical (unpaired) electrons. The van der Waals surface area contributed by atoms with Crippen molar-refractivity contribution in [1.29, 1.82) is 0 Å². The summed E-state index contributed by atoms with van der Waals surface area (Å²) in [5.74, 6) is -0.214. The van der Waals surface area contributed by atoms with Gasteiger partial charge in [-0.05, 0) is 37.2 Å². The SMILES string of the molecule is O=C(c1ccc(N2CCN(C(=O)c3ccccc3)CC2)c([N+](=O)[O-])c1)N1CCCNCC1. The highest BCUT2D eigenvalue weighted by molar-refractivity contribution is 5.96. The van der Waals surface area contributed by atoms with Crippen LogP contribution in [0.4, 0.5) is 11.4 Å². The van der Waals surface area contributed by atoms with Crippen LogP contribution >= 0.6 is 0 Å². The Labute approximate surface area is 186 Å².